The second-order valence-corrected chi connectivity index (χ2v) is 8.50. The third kappa shape index (κ3) is 3.69. The van der Waals surface area contributed by atoms with E-state index in [1.807, 2.05) is 18.2 Å². The molecule has 2 aliphatic rings. The van der Waals surface area contributed by atoms with E-state index in [0.717, 1.165) is 36.3 Å². The van der Waals surface area contributed by atoms with Crippen molar-refractivity contribution in [3.63, 3.8) is 0 Å². The van der Waals surface area contributed by atoms with Gasteiger partial charge in [0.2, 0.25) is 0 Å². The number of hydrogen-bond acceptors (Lipinski definition) is 5. The number of benzene rings is 1. The quantitative estimate of drug-likeness (QED) is 0.798. The molecule has 7 heteroatoms. The maximum Gasteiger partial charge on any atom is 0.274 e. The number of rotatable bonds is 3. The first kappa shape index (κ1) is 18.3. The maximum atomic E-state index is 12.5. The average Bonchev–Trinajstić information content (AvgIpc) is 2.68. The van der Waals surface area contributed by atoms with Crippen LogP contribution in [0.2, 0.25) is 5.02 Å². The Bertz CT molecular complexity index is 886. The van der Waals surface area contributed by atoms with Crippen molar-refractivity contribution in [2.45, 2.75) is 31.2 Å². The smallest absolute Gasteiger partial charge is 0.274 e. The van der Waals surface area contributed by atoms with E-state index in [1.165, 1.54) is 12.6 Å². The summed E-state index contributed by atoms with van der Waals surface area (Å²) in [5.41, 5.74) is 8.01. The van der Waals surface area contributed by atoms with Gasteiger partial charge in [-0.15, -0.1) is 0 Å². The molecule has 5 nitrogen and oxygen atoms in total. The number of nitrogens with two attached hydrogens (primary N) is 1. The fourth-order valence-corrected chi connectivity index (χ4v) is 5.18. The molecule has 1 fully saturated rings. The first-order valence-electron chi connectivity index (χ1n) is 9.08. The Morgan fingerprint density at radius 3 is 3.00 bits per heavy atom. The van der Waals surface area contributed by atoms with Crippen molar-refractivity contribution in [3.8, 4) is 0 Å². The molecule has 2 unspecified atom stereocenters. The minimum Gasteiger partial charge on any atom is -0.379 e. The van der Waals surface area contributed by atoms with Crippen LogP contribution >= 0.6 is 23.4 Å². The highest BCUT2D eigenvalue weighted by Crippen LogP contribution is 2.49. The summed E-state index contributed by atoms with van der Waals surface area (Å²) in [6, 6.07) is 11.2. The van der Waals surface area contributed by atoms with Crippen LogP contribution in [0.25, 0.3) is 0 Å². The minimum absolute atomic E-state index is 0.260. The number of aliphatic imine (C=N–C) groups is 1. The van der Waals surface area contributed by atoms with Crippen LogP contribution in [-0.2, 0) is 5.54 Å². The zero-order chi connectivity index (χ0) is 18.9. The van der Waals surface area contributed by atoms with Crippen LogP contribution in [0.4, 0.5) is 5.69 Å². The molecule has 0 saturated heterocycles. The SMILES string of the molecule is NC1=NC2(c3cccc(NC(=O)c4ccc(Cl)cn4)c3)CCCCC2CS1. The summed E-state index contributed by atoms with van der Waals surface area (Å²) >= 11 is 7.49. The maximum absolute atomic E-state index is 12.5. The molecular formula is C20H21ClN4OS. The highest BCUT2D eigenvalue weighted by Gasteiger charge is 2.44. The van der Waals surface area contributed by atoms with E-state index >= 15 is 0 Å². The summed E-state index contributed by atoms with van der Waals surface area (Å²) in [5.74, 6) is 1.22. The largest absolute Gasteiger partial charge is 0.379 e. The van der Waals surface area contributed by atoms with Crippen molar-refractivity contribution in [2.75, 3.05) is 11.1 Å². The third-order valence-electron chi connectivity index (χ3n) is 5.36. The first-order chi connectivity index (χ1) is 13.1. The zero-order valence-electron chi connectivity index (χ0n) is 14.8. The van der Waals surface area contributed by atoms with Crippen molar-refractivity contribution in [1.82, 2.24) is 4.98 Å². The predicted octanol–water partition coefficient (Wildman–Crippen LogP) is 4.43. The van der Waals surface area contributed by atoms with Crippen LogP contribution < -0.4 is 11.1 Å². The molecule has 0 bridgehead atoms. The van der Waals surface area contributed by atoms with Crippen LogP contribution in [0.3, 0.4) is 0 Å². The van der Waals surface area contributed by atoms with E-state index in [-0.39, 0.29) is 11.4 Å². The van der Waals surface area contributed by atoms with Gasteiger partial charge in [-0.2, -0.15) is 0 Å². The molecule has 1 aromatic heterocycles. The Morgan fingerprint density at radius 1 is 1.30 bits per heavy atom. The summed E-state index contributed by atoms with van der Waals surface area (Å²) in [7, 11) is 0. The number of hydrogen-bond donors (Lipinski definition) is 2. The van der Waals surface area contributed by atoms with Crippen LogP contribution in [0, 0.1) is 5.92 Å². The Morgan fingerprint density at radius 2 is 2.19 bits per heavy atom. The number of nitrogens with one attached hydrogen (secondary N) is 1. The Kier molecular flexibility index (Phi) is 5.10. The molecule has 2 atom stereocenters. The molecule has 27 heavy (non-hydrogen) atoms. The molecule has 0 radical (unpaired) electrons. The number of carbonyl (C=O) groups excluding carboxylic acids is 1. The van der Waals surface area contributed by atoms with E-state index < -0.39 is 0 Å². The number of carbonyl (C=O) groups is 1. The molecule has 2 heterocycles. The number of amides is 1. The predicted molar refractivity (Wildman–Crippen MR) is 111 cm³/mol. The van der Waals surface area contributed by atoms with Crippen LogP contribution in [0.5, 0.6) is 0 Å². The number of amidine groups is 1. The molecule has 1 aromatic carbocycles. The van der Waals surface area contributed by atoms with Gasteiger partial charge >= 0.3 is 0 Å². The van der Waals surface area contributed by atoms with E-state index in [1.54, 1.807) is 23.9 Å². The molecule has 1 aliphatic heterocycles. The summed E-state index contributed by atoms with van der Waals surface area (Å²) in [6.45, 7) is 0. The van der Waals surface area contributed by atoms with Gasteiger partial charge in [-0.3, -0.25) is 9.79 Å². The van der Waals surface area contributed by atoms with E-state index in [4.69, 9.17) is 22.3 Å². The Balaban J connectivity index is 1.63. The number of fused-ring (bicyclic) bond motifs is 1. The zero-order valence-corrected chi connectivity index (χ0v) is 16.4. The lowest BCUT2D eigenvalue weighted by Crippen LogP contribution is -2.42. The van der Waals surface area contributed by atoms with E-state index in [9.17, 15) is 4.79 Å². The number of thioether (sulfide) groups is 1. The first-order valence-corrected chi connectivity index (χ1v) is 10.4. The fourth-order valence-electron chi connectivity index (χ4n) is 4.03. The van der Waals surface area contributed by atoms with Crippen molar-refractivity contribution in [1.29, 1.82) is 0 Å². The van der Waals surface area contributed by atoms with Crippen molar-refractivity contribution >= 4 is 40.1 Å². The Hall–Kier alpha value is -2.05. The van der Waals surface area contributed by atoms with Gasteiger partial charge in [0.15, 0.2) is 5.17 Å². The van der Waals surface area contributed by atoms with Gasteiger partial charge in [0.1, 0.15) is 5.69 Å². The molecule has 4 rings (SSSR count). The monoisotopic (exact) mass is 400 g/mol. The average molecular weight is 401 g/mol. The molecule has 0 spiro atoms. The standard InChI is InChI=1S/C20H21ClN4OS/c21-15-7-8-17(23-11-15)18(26)24-16-6-3-5-13(10-16)20-9-2-1-4-14(20)12-27-19(22)25-20/h3,5-8,10-11,14H,1-2,4,9,12H2,(H2,22,25)(H,24,26). The number of nitrogens with zero attached hydrogens (tertiary/aromatic N) is 2. The summed E-state index contributed by atoms with van der Waals surface area (Å²) in [6.07, 6.45) is 6.00. The van der Waals surface area contributed by atoms with Gasteiger partial charge in [-0.05, 0) is 48.6 Å². The second kappa shape index (κ2) is 7.52. The number of anilines is 1. The summed E-state index contributed by atoms with van der Waals surface area (Å²) in [5, 5.41) is 4.09. The minimum atomic E-state index is -0.271. The highest BCUT2D eigenvalue weighted by atomic mass is 35.5. The third-order valence-corrected chi connectivity index (χ3v) is 6.54. The Labute approximate surface area is 167 Å². The number of pyridine rings is 1. The lowest BCUT2D eigenvalue weighted by atomic mass is 9.70. The van der Waals surface area contributed by atoms with Gasteiger partial charge in [0, 0.05) is 17.6 Å². The molecule has 1 saturated carbocycles. The lowest BCUT2D eigenvalue weighted by Gasteiger charge is -2.44. The van der Waals surface area contributed by atoms with Gasteiger partial charge in [0.25, 0.3) is 5.91 Å². The molecule has 140 valence electrons. The molecule has 2 aromatic rings. The lowest BCUT2D eigenvalue weighted by molar-refractivity contribution is 0.102. The normalized spacial score (nSPS) is 24.6. The van der Waals surface area contributed by atoms with Crippen LogP contribution in [-0.4, -0.2) is 21.8 Å². The van der Waals surface area contributed by atoms with Crippen LogP contribution in [0.1, 0.15) is 41.7 Å². The number of aromatic nitrogens is 1. The van der Waals surface area contributed by atoms with Crippen molar-refractivity contribution < 1.29 is 4.79 Å². The molecule has 1 amide bonds. The van der Waals surface area contributed by atoms with E-state index in [2.05, 4.69) is 16.4 Å². The molecule has 3 N–H and O–H groups in total. The second-order valence-electron chi connectivity index (χ2n) is 7.02. The summed E-state index contributed by atoms with van der Waals surface area (Å²) in [4.78, 5) is 21.5. The highest BCUT2D eigenvalue weighted by molar-refractivity contribution is 8.13. The topological polar surface area (TPSA) is 80.4 Å². The van der Waals surface area contributed by atoms with Crippen LogP contribution in [0.15, 0.2) is 47.6 Å². The molecule has 1 aliphatic carbocycles. The molecular weight excluding hydrogens is 380 g/mol. The number of halogens is 1. The van der Waals surface area contributed by atoms with Gasteiger partial charge in [0.05, 0.1) is 10.6 Å². The van der Waals surface area contributed by atoms with Crippen molar-refractivity contribution in [2.24, 2.45) is 16.6 Å². The van der Waals surface area contributed by atoms with Crippen molar-refractivity contribution in [3.05, 3.63) is 58.9 Å². The summed E-state index contributed by atoms with van der Waals surface area (Å²) < 4.78 is 0. The fraction of sp³-hybridized carbons (Fsp3) is 0.350. The van der Waals surface area contributed by atoms with Gasteiger partial charge < -0.3 is 11.1 Å². The van der Waals surface area contributed by atoms with Gasteiger partial charge in [-0.1, -0.05) is 48.3 Å². The van der Waals surface area contributed by atoms with Gasteiger partial charge in [-0.25, -0.2) is 4.98 Å². The van der Waals surface area contributed by atoms with E-state index in [0.29, 0.717) is 21.8 Å².